The number of H-pyrrole nitrogens is 1. The van der Waals surface area contributed by atoms with Crippen LogP contribution in [0.3, 0.4) is 0 Å². The van der Waals surface area contributed by atoms with Crippen molar-refractivity contribution < 1.29 is 14.7 Å². The molecule has 1 heterocycles. The van der Waals surface area contributed by atoms with Crippen molar-refractivity contribution in [1.29, 1.82) is 0 Å². The van der Waals surface area contributed by atoms with Crippen molar-refractivity contribution in [3.63, 3.8) is 0 Å². The Kier molecular flexibility index (Phi) is 8.91. The monoisotopic (exact) mass is 536 g/mol. The number of aromatic nitrogens is 2. The maximum atomic E-state index is 13.7. The molecule has 3 N–H and O–H groups in total. The Balaban J connectivity index is 1.21. The van der Waals surface area contributed by atoms with Gasteiger partial charge in [0.1, 0.15) is 5.82 Å². The second-order valence-corrected chi connectivity index (χ2v) is 10.7. The van der Waals surface area contributed by atoms with Gasteiger partial charge in [0.05, 0.1) is 11.6 Å². The molecular formula is C33H36N4O3. The summed E-state index contributed by atoms with van der Waals surface area (Å²) in [7, 11) is 0. The summed E-state index contributed by atoms with van der Waals surface area (Å²) >= 11 is 0. The quantitative estimate of drug-likeness (QED) is 0.223. The molecule has 5 rings (SSSR count). The second-order valence-electron chi connectivity index (χ2n) is 10.7. The molecule has 7 nitrogen and oxygen atoms in total. The fraction of sp³-hybridized carbons (Fsp3) is 0.303. The average Bonchev–Trinajstić information content (AvgIpc) is 3.48. The molecule has 1 unspecified atom stereocenters. The van der Waals surface area contributed by atoms with Crippen LogP contribution >= 0.6 is 0 Å². The lowest BCUT2D eigenvalue weighted by atomic mass is 9.85. The summed E-state index contributed by atoms with van der Waals surface area (Å²) in [6.45, 7) is 0.901. The summed E-state index contributed by atoms with van der Waals surface area (Å²) < 4.78 is 0. The predicted octanol–water partition coefficient (Wildman–Crippen LogP) is 6.26. The van der Waals surface area contributed by atoms with Crippen LogP contribution in [0.4, 0.5) is 4.79 Å². The van der Waals surface area contributed by atoms with Crippen LogP contribution in [0.2, 0.25) is 0 Å². The minimum Gasteiger partial charge on any atom is -0.465 e. The van der Waals surface area contributed by atoms with Gasteiger partial charge >= 0.3 is 6.09 Å². The zero-order valence-corrected chi connectivity index (χ0v) is 22.6. The highest BCUT2D eigenvalue weighted by molar-refractivity contribution is 5.83. The van der Waals surface area contributed by atoms with Crippen LogP contribution in [0.1, 0.15) is 48.6 Å². The van der Waals surface area contributed by atoms with E-state index < -0.39 is 12.0 Å². The van der Waals surface area contributed by atoms with Gasteiger partial charge < -0.3 is 20.3 Å². The molecule has 0 saturated heterocycles. The number of benzene rings is 3. The largest absolute Gasteiger partial charge is 0.465 e. The van der Waals surface area contributed by atoms with Crippen molar-refractivity contribution in [1.82, 2.24) is 20.2 Å². The van der Waals surface area contributed by atoms with Crippen molar-refractivity contribution in [2.75, 3.05) is 6.54 Å². The minimum absolute atomic E-state index is 0.0301. The molecule has 0 spiro atoms. The molecule has 7 heteroatoms. The Labute approximate surface area is 235 Å². The third kappa shape index (κ3) is 7.17. The highest BCUT2D eigenvalue weighted by Crippen LogP contribution is 2.28. The highest BCUT2D eigenvalue weighted by Gasteiger charge is 2.30. The molecule has 3 aromatic carbocycles. The Hall–Kier alpha value is -4.39. The van der Waals surface area contributed by atoms with Gasteiger partial charge in [-0.3, -0.25) is 4.79 Å². The SMILES string of the molecule is O=C(N[C@H]1CC[C@H](CN(Cc2ccccc2)C(=O)O)CC1)C(Cc1ccccc1)c1nc(-c2ccccc2)c[nH]1. The summed E-state index contributed by atoms with van der Waals surface area (Å²) in [4.78, 5) is 35.1. The topological polar surface area (TPSA) is 98.3 Å². The van der Waals surface area contributed by atoms with E-state index in [9.17, 15) is 14.7 Å². The number of carbonyl (C=O) groups is 2. The van der Waals surface area contributed by atoms with E-state index in [1.165, 1.54) is 4.90 Å². The van der Waals surface area contributed by atoms with Gasteiger partial charge in [-0.2, -0.15) is 0 Å². The van der Waals surface area contributed by atoms with Crippen molar-refractivity contribution in [2.45, 2.75) is 50.6 Å². The van der Waals surface area contributed by atoms with Crippen LogP contribution in [0.25, 0.3) is 11.3 Å². The second kappa shape index (κ2) is 13.1. The van der Waals surface area contributed by atoms with Crippen molar-refractivity contribution in [2.24, 2.45) is 5.92 Å². The van der Waals surface area contributed by atoms with Crippen LogP contribution in [-0.2, 0) is 17.8 Å². The molecule has 1 aliphatic rings. The molecule has 206 valence electrons. The standard InChI is InChI=1S/C33H36N4O3/c38-32(35-28-18-16-26(17-19-28)23-37(33(39)40)22-25-12-6-2-7-13-25)29(20-24-10-4-1-5-11-24)31-34-21-30(36-31)27-14-8-3-9-15-27/h1-15,21,26,28-29H,16-20,22-23H2,(H,34,36)(H,35,38)(H,39,40)/t26-,28-,29?. The van der Waals surface area contributed by atoms with Crippen LogP contribution in [0.5, 0.6) is 0 Å². The van der Waals surface area contributed by atoms with Gasteiger partial charge in [0, 0.05) is 30.9 Å². The minimum atomic E-state index is -0.892. The van der Waals surface area contributed by atoms with Gasteiger partial charge in [-0.1, -0.05) is 91.0 Å². The Morgan fingerprint density at radius 3 is 2.10 bits per heavy atom. The first-order valence-corrected chi connectivity index (χ1v) is 14.0. The maximum Gasteiger partial charge on any atom is 0.407 e. The molecular weight excluding hydrogens is 500 g/mol. The van der Waals surface area contributed by atoms with E-state index >= 15 is 0 Å². The van der Waals surface area contributed by atoms with Gasteiger partial charge in [-0.25, -0.2) is 9.78 Å². The third-order valence-corrected chi connectivity index (χ3v) is 7.75. The van der Waals surface area contributed by atoms with Gasteiger partial charge in [0.15, 0.2) is 0 Å². The zero-order chi connectivity index (χ0) is 27.7. The first kappa shape index (κ1) is 27.2. The molecule has 1 saturated carbocycles. The molecule has 1 atom stereocenters. The molecule has 0 radical (unpaired) electrons. The number of imidazole rings is 1. The van der Waals surface area contributed by atoms with Crippen LogP contribution in [0, 0.1) is 5.92 Å². The first-order chi connectivity index (χ1) is 19.5. The van der Waals surface area contributed by atoms with E-state index in [0.717, 1.165) is 48.1 Å². The lowest BCUT2D eigenvalue weighted by molar-refractivity contribution is -0.123. The zero-order valence-electron chi connectivity index (χ0n) is 22.6. The van der Waals surface area contributed by atoms with Crippen LogP contribution in [0.15, 0.2) is 97.2 Å². The van der Waals surface area contributed by atoms with E-state index in [1.54, 1.807) is 0 Å². The van der Waals surface area contributed by atoms with E-state index in [-0.39, 0.29) is 17.9 Å². The lowest BCUT2D eigenvalue weighted by Crippen LogP contribution is -2.42. The molecule has 4 aromatic rings. The Bertz CT molecular complexity index is 1370. The third-order valence-electron chi connectivity index (χ3n) is 7.75. The van der Waals surface area contributed by atoms with E-state index in [0.29, 0.717) is 25.3 Å². The molecule has 2 amide bonds. The fourth-order valence-electron chi connectivity index (χ4n) is 5.55. The summed E-state index contributed by atoms with van der Waals surface area (Å²) in [5.74, 6) is 0.474. The maximum absolute atomic E-state index is 13.7. The summed E-state index contributed by atoms with van der Waals surface area (Å²) in [5.41, 5.74) is 3.89. The summed E-state index contributed by atoms with van der Waals surface area (Å²) in [5, 5.41) is 13.1. The van der Waals surface area contributed by atoms with Crippen molar-refractivity contribution in [3.8, 4) is 11.3 Å². The normalized spacial score (nSPS) is 17.6. The van der Waals surface area contributed by atoms with Gasteiger partial charge in [0.25, 0.3) is 0 Å². The van der Waals surface area contributed by atoms with Crippen molar-refractivity contribution >= 4 is 12.0 Å². The first-order valence-electron chi connectivity index (χ1n) is 14.0. The van der Waals surface area contributed by atoms with Gasteiger partial charge in [-0.15, -0.1) is 0 Å². The fourth-order valence-corrected chi connectivity index (χ4v) is 5.55. The van der Waals surface area contributed by atoms with Gasteiger partial charge in [-0.05, 0) is 49.1 Å². The molecule has 40 heavy (non-hydrogen) atoms. The highest BCUT2D eigenvalue weighted by atomic mass is 16.4. The van der Waals surface area contributed by atoms with Crippen LogP contribution in [-0.4, -0.2) is 44.6 Å². The molecule has 1 aromatic heterocycles. The van der Waals surface area contributed by atoms with Crippen molar-refractivity contribution in [3.05, 3.63) is 114 Å². The molecule has 0 bridgehead atoms. The number of rotatable bonds is 10. The van der Waals surface area contributed by atoms with Gasteiger partial charge in [0.2, 0.25) is 5.91 Å². The summed E-state index contributed by atoms with van der Waals surface area (Å²) in [6, 6.07) is 29.7. The Morgan fingerprint density at radius 2 is 1.48 bits per heavy atom. The molecule has 1 fully saturated rings. The number of carboxylic acid groups (broad SMARTS) is 1. The number of nitrogens with zero attached hydrogens (tertiary/aromatic N) is 2. The number of aromatic amines is 1. The average molecular weight is 537 g/mol. The van der Waals surface area contributed by atoms with Crippen LogP contribution < -0.4 is 5.32 Å². The van der Waals surface area contributed by atoms with E-state index in [1.807, 2.05) is 97.2 Å². The van der Waals surface area contributed by atoms with E-state index in [4.69, 9.17) is 4.98 Å². The number of carbonyl (C=O) groups excluding carboxylic acids is 1. The van der Waals surface area contributed by atoms with E-state index in [2.05, 4.69) is 10.3 Å². The number of nitrogens with one attached hydrogen (secondary N) is 2. The number of amides is 2. The Morgan fingerprint density at radius 1 is 0.875 bits per heavy atom. The lowest BCUT2D eigenvalue weighted by Gasteiger charge is -2.32. The molecule has 0 aliphatic heterocycles. The number of hydrogen-bond donors (Lipinski definition) is 3. The molecule has 1 aliphatic carbocycles. The number of hydrogen-bond acceptors (Lipinski definition) is 3. The smallest absolute Gasteiger partial charge is 0.407 e. The summed E-state index contributed by atoms with van der Waals surface area (Å²) in [6.07, 6.45) is 4.96. The predicted molar refractivity (Wildman–Crippen MR) is 156 cm³/mol.